The first-order valence-electron chi connectivity index (χ1n) is 5.65. The smallest absolute Gasteiger partial charge is 0.0628 e. The molecule has 2 heteroatoms. The summed E-state index contributed by atoms with van der Waals surface area (Å²) in [5, 5.41) is 3.44. The first kappa shape index (κ1) is 10.9. The van der Waals surface area contributed by atoms with Gasteiger partial charge in [-0.3, -0.25) is 0 Å². The molecule has 0 radical (unpaired) electrons. The van der Waals surface area contributed by atoms with Gasteiger partial charge in [-0.1, -0.05) is 11.6 Å². The zero-order valence-electron chi connectivity index (χ0n) is 9.76. The summed E-state index contributed by atoms with van der Waals surface area (Å²) < 4.78 is 0. The maximum atomic E-state index is 3.44. The van der Waals surface area contributed by atoms with Gasteiger partial charge in [-0.2, -0.15) is 0 Å². The Bertz CT molecular complexity index is 356. The van der Waals surface area contributed by atoms with Gasteiger partial charge >= 0.3 is 0 Å². The summed E-state index contributed by atoms with van der Waals surface area (Å²) in [5.41, 5.74) is 3.01. The van der Waals surface area contributed by atoms with E-state index in [9.17, 15) is 0 Å². The van der Waals surface area contributed by atoms with Crippen LogP contribution in [0.5, 0.6) is 0 Å². The number of rotatable bonds is 3. The second-order valence-electron chi connectivity index (χ2n) is 4.28. The third-order valence-corrected chi connectivity index (χ3v) is 4.42. The minimum Gasteiger partial charge on any atom is -0.309 e. The molecule has 0 saturated heterocycles. The lowest BCUT2D eigenvalue weighted by atomic mass is 10.0. The molecule has 0 amide bonds. The molecule has 82 valence electrons. The van der Waals surface area contributed by atoms with Crippen LogP contribution in [-0.2, 0) is 0 Å². The van der Waals surface area contributed by atoms with Crippen molar-refractivity contribution < 1.29 is 0 Å². The van der Waals surface area contributed by atoms with E-state index in [1.807, 2.05) is 11.3 Å². The Hall–Kier alpha value is -0.600. The highest BCUT2D eigenvalue weighted by atomic mass is 32.1. The van der Waals surface area contributed by atoms with Gasteiger partial charge in [0.25, 0.3) is 0 Å². The van der Waals surface area contributed by atoms with Gasteiger partial charge in [0.2, 0.25) is 0 Å². The second kappa shape index (κ2) is 4.50. The molecule has 1 N–H and O–H groups in total. The Morgan fingerprint density at radius 3 is 2.67 bits per heavy atom. The summed E-state index contributed by atoms with van der Waals surface area (Å²) in [6, 6.07) is 2.80. The predicted octanol–water partition coefficient (Wildman–Crippen LogP) is 3.74. The monoisotopic (exact) mass is 221 g/mol. The van der Waals surface area contributed by atoms with E-state index >= 15 is 0 Å². The van der Waals surface area contributed by atoms with Gasteiger partial charge in [-0.05, 0) is 51.8 Å². The Morgan fingerprint density at radius 1 is 1.40 bits per heavy atom. The Labute approximate surface area is 96.2 Å². The van der Waals surface area contributed by atoms with Crippen molar-refractivity contribution in [1.82, 2.24) is 5.32 Å². The second-order valence-corrected chi connectivity index (χ2v) is 5.57. The fraction of sp³-hybridized carbons (Fsp3) is 0.538. The lowest BCUT2D eigenvalue weighted by molar-refractivity contribution is 0.666. The van der Waals surface area contributed by atoms with Crippen molar-refractivity contribution in [2.75, 3.05) is 7.05 Å². The molecule has 1 aromatic rings. The number of thiophene rings is 1. The van der Waals surface area contributed by atoms with Crippen LogP contribution < -0.4 is 5.32 Å². The molecule has 1 heterocycles. The lowest BCUT2D eigenvalue weighted by Crippen LogP contribution is -2.16. The topological polar surface area (TPSA) is 12.0 Å². The minimum atomic E-state index is 0.463. The van der Waals surface area contributed by atoms with E-state index in [1.165, 1.54) is 34.6 Å². The molecule has 1 atom stereocenters. The number of nitrogens with one attached hydrogen (secondary N) is 1. The van der Waals surface area contributed by atoms with Crippen LogP contribution in [0.15, 0.2) is 17.7 Å². The van der Waals surface area contributed by atoms with Gasteiger partial charge < -0.3 is 5.32 Å². The van der Waals surface area contributed by atoms with Crippen molar-refractivity contribution in [3.63, 3.8) is 0 Å². The molecule has 2 rings (SSSR count). The van der Waals surface area contributed by atoms with E-state index in [0.717, 1.165) is 0 Å². The van der Waals surface area contributed by atoms with E-state index in [4.69, 9.17) is 0 Å². The lowest BCUT2D eigenvalue weighted by Gasteiger charge is -2.15. The summed E-state index contributed by atoms with van der Waals surface area (Å²) in [5.74, 6) is 0. The molecule has 15 heavy (non-hydrogen) atoms. The molecular weight excluding hydrogens is 202 g/mol. The highest BCUT2D eigenvalue weighted by Crippen LogP contribution is 2.35. The van der Waals surface area contributed by atoms with Crippen molar-refractivity contribution in [2.45, 2.75) is 39.2 Å². The van der Waals surface area contributed by atoms with Crippen LogP contribution in [0.25, 0.3) is 0 Å². The summed E-state index contributed by atoms with van der Waals surface area (Å²) in [7, 11) is 2.06. The molecule has 1 aliphatic carbocycles. The molecule has 0 saturated carbocycles. The van der Waals surface area contributed by atoms with Gasteiger partial charge in [0.1, 0.15) is 0 Å². The van der Waals surface area contributed by atoms with Gasteiger partial charge in [0, 0.05) is 9.75 Å². The Morgan fingerprint density at radius 2 is 2.20 bits per heavy atom. The van der Waals surface area contributed by atoms with Crippen LogP contribution >= 0.6 is 11.3 Å². The predicted molar refractivity (Wildman–Crippen MR) is 67.5 cm³/mol. The molecule has 0 spiro atoms. The molecule has 0 bridgehead atoms. The van der Waals surface area contributed by atoms with Crippen LogP contribution in [-0.4, -0.2) is 7.05 Å². The fourth-order valence-corrected chi connectivity index (χ4v) is 3.41. The average Bonchev–Trinajstić information content (AvgIpc) is 2.80. The van der Waals surface area contributed by atoms with Crippen molar-refractivity contribution in [3.8, 4) is 0 Å². The van der Waals surface area contributed by atoms with Crippen molar-refractivity contribution >= 4 is 11.3 Å². The van der Waals surface area contributed by atoms with E-state index in [1.54, 1.807) is 5.57 Å². The van der Waals surface area contributed by atoms with Crippen LogP contribution in [0.3, 0.4) is 0 Å². The zero-order chi connectivity index (χ0) is 10.8. The van der Waals surface area contributed by atoms with Crippen LogP contribution in [0, 0.1) is 13.8 Å². The molecular formula is C13H19NS. The number of allylic oxidation sites excluding steroid dienone is 1. The summed E-state index contributed by atoms with van der Waals surface area (Å²) in [4.78, 5) is 2.92. The third kappa shape index (κ3) is 2.16. The van der Waals surface area contributed by atoms with Gasteiger partial charge in [-0.25, -0.2) is 0 Å². The van der Waals surface area contributed by atoms with E-state index in [2.05, 4.69) is 38.4 Å². The molecule has 1 aromatic heterocycles. The van der Waals surface area contributed by atoms with Gasteiger partial charge in [0.15, 0.2) is 0 Å². The van der Waals surface area contributed by atoms with Crippen LogP contribution in [0.2, 0.25) is 0 Å². The number of aryl methyl sites for hydroxylation is 2. The zero-order valence-corrected chi connectivity index (χ0v) is 10.6. The average molecular weight is 221 g/mol. The SMILES string of the molecule is CNC(C1=CCCC1)c1cc(C)c(C)s1. The Kier molecular flexibility index (Phi) is 3.27. The van der Waals surface area contributed by atoms with Crippen molar-refractivity contribution in [3.05, 3.63) is 33.0 Å². The number of hydrogen-bond donors (Lipinski definition) is 1. The van der Waals surface area contributed by atoms with Crippen molar-refractivity contribution in [2.24, 2.45) is 0 Å². The summed E-state index contributed by atoms with van der Waals surface area (Å²) >= 11 is 1.93. The van der Waals surface area contributed by atoms with E-state index < -0.39 is 0 Å². The summed E-state index contributed by atoms with van der Waals surface area (Å²) in [6.07, 6.45) is 6.26. The molecule has 0 aliphatic heterocycles. The van der Waals surface area contributed by atoms with E-state index in [-0.39, 0.29) is 0 Å². The maximum Gasteiger partial charge on any atom is 0.0628 e. The number of likely N-dealkylation sites (N-methyl/N-ethyl adjacent to an activating group) is 1. The van der Waals surface area contributed by atoms with Gasteiger partial charge in [-0.15, -0.1) is 11.3 Å². The third-order valence-electron chi connectivity index (χ3n) is 3.21. The van der Waals surface area contributed by atoms with Gasteiger partial charge in [0.05, 0.1) is 6.04 Å². The first-order chi connectivity index (χ1) is 7.22. The normalized spacial score (nSPS) is 17.9. The maximum absolute atomic E-state index is 3.44. The highest BCUT2D eigenvalue weighted by Gasteiger charge is 2.19. The molecule has 0 aromatic carbocycles. The molecule has 1 aliphatic rings. The largest absolute Gasteiger partial charge is 0.309 e. The molecule has 1 nitrogen and oxygen atoms in total. The standard InChI is InChI=1S/C13H19NS/c1-9-8-12(15-10(9)2)13(14-3)11-6-4-5-7-11/h6,8,13-14H,4-5,7H2,1-3H3. The fourth-order valence-electron chi connectivity index (χ4n) is 2.21. The molecule has 0 fully saturated rings. The van der Waals surface area contributed by atoms with Crippen LogP contribution in [0.4, 0.5) is 0 Å². The quantitative estimate of drug-likeness (QED) is 0.767. The molecule has 1 unspecified atom stereocenters. The number of hydrogen-bond acceptors (Lipinski definition) is 2. The van der Waals surface area contributed by atoms with Crippen LogP contribution in [0.1, 0.15) is 40.6 Å². The minimum absolute atomic E-state index is 0.463. The first-order valence-corrected chi connectivity index (χ1v) is 6.47. The Balaban J connectivity index is 2.26. The van der Waals surface area contributed by atoms with E-state index in [0.29, 0.717) is 6.04 Å². The highest BCUT2D eigenvalue weighted by molar-refractivity contribution is 7.12. The van der Waals surface area contributed by atoms with Crippen molar-refractivity contribution in [1.29, 1.82) is 0 Å². The summed E-state index contributed by atoms with van der Waals surface area (Å²) in [6.45, 7) is 4.41.